The Morgan fingerprint density at radius 2 is 2.00 bits per heavy atom. The van der Waals surface area contributed by atoms with E-state index < -0.39 is 0 Å². The molecule has 0 aromatic heterocycles. The number of anilines is 3. The predicted molar refractivity (Wildman–Crippen MR) is 111 cm³/mol. The van der Waals surface area contributed by atoms with Gasteiger partial charge in [-0.3, -0.25) is 4.79 Å². The number of hydrogen-bond acceptors (Lipinski definition) is 4. The van der Waals surface area contributed by atoms with Crippen LogP contribution in [0.5, 0.6) is 5.75 Å². The molecule has 0 radical (unpaired) electrons. The Morgan fingerprint density at radius 3 is 2.70 bits per heavy atom. The Balaban J connectivity index is 1.66. The molecule has 3 N–H and O–H groups in total. The molecule has 1 amide bonds. The van der Waals surface area contributed by atoms with E-state index in [4.69, 9.17) is 10.5 Å². The molecule has 1 aliphatic rings. The fraction of sp³-hybridized carbons (Fsp3) is 0.409. The number of rotatable bonds is 6. The van der Waals surface area contributed by atoms with Gasteiger partial charge in [0.15, 0.2) is 6.61 Å². The molecule has 3 rings (SSSR count). The third kappa shape index (κ3) is 4.94. The van der Waals surface area contributed by atoms with Crippen molar-refractivity contribution in [3.63, 3.8) is 0 Å². The summed E-state index contributed by atoms with van der Waals surface area (Å²) in [5, 5.41) is 2.98. The normalized spacial score (nSPS) is 16.8. The highest BCUT2D eigenvalue weighted by Crippen LogP contribution is 2.33. The lowest BCUT2D eigenvalue weighted by atomic mass is 10.0. The maximum absolute atomic E-state index is 12.4. The molecule has 1 fully saturated rings. The largest absolute Gasteiger partial charge is 0.484 e. The lowest BCUT2D eigenvalue weighted by Crippen LogP contribution is -2.38. The van der Waals surface area contributed by atoms with Crippen molar-refractivity contribution in [3.8, 4) is 5.75 Å². The van der Waals surface area contributed by atoms with Crippen LogP contribution >= 0.6 is 0 Å². The molecule has 1 heterocycles. The van der Waals surface area contributed by atoms with E-state index in [-0.39, 0.29) is 12.5 Å². The average Bonchev–Trinajstić information content (AvgIpc) is 2.68. The summed E-state index contributed by atoms with van der Waals surface area (Å²) in [6, 6.07) is 14.0. The molecule has 5 heteroatoms. The molecule has 1 atom stereocenters. The predicted octanol–water partition coefficient (Wildman–Crippen LogP) is 4.23. The van der Waals surface area contributed by atoms with Crippen LogP contribution in [0.3, 0.4) is 0 Å². The lowest BCUT2D eigenvalue weighted by molar-refractivity contribution is -0.118. The van der Waals surface area contributed by atoms with E-state index in [0.29, 0.717) is 17.5 Å². The van der Waals surface area contributed by atoms with Crippen LogP contribution in [0.1, 0.15) is 38.7 Å². The number of carbonyl (C=O) groups excluding carboxylic acids is 1. The van der Waals surface area contributed by atoms with Gasteiger partial charge in [0.05, 0.1) is 11.4 Å². The van der Waals surface area contributed by atoms with E-state index in [2.05, 4.69) is 24.1 Å². The summed E-state index contributed by atoms with van der Waals surface area (Å²) in [5.74, 6) is 0.505. The van der Waals surface area contributed by atoms with Crippen molar-refractivity contribution in [3.05, 3.63) is 48.0 Å². The van der Waals surface area contributed by atoms with Gasteiger partial charge < -0.3 is 20.7 Å². The molecule has 144 valence electrons. The summed E-state index contributed by atoms with van der Waals surface area (Å²) in [4.78, 5) is 14.8. The number of benzene rings is 2. The van der Waals surface area contributed by atoms with E-state index >= 15 is 0 Å². The molecular weight excluding hydrogens is 338 g/mol. The zero-order valence-electron chi connectivity index (χ0n) is 16.2. The summed E-state index contributed by atoms with van der Waals surface area (Å²) < 4.78 is 5.62. The van der Waals surface area contributed by atoms with Crippen LogP contribution in [0.25, 0.3) is 0 Å². The molecule has 0 saturated carbocycles. The van der Waals surface area contributed by atoms with Crippen molar-refractivity contribution in [2.45, 2.75) is 45.6 Å². The Morgan fingerprint density at radius 1 is 1.22 bits per heavy atom. The number of nitrogen functional groups attached to an aromatic ring is 1. The number of carbonyl (C=O) groups is 1. The zero-order chi connectivity index (χ0) is 19.2. The summed E-state index contributed by atoms with van der Waals surface area (Å²) in [5.41, 5.74) is 9.61. The van der Waals surface area contributed by atoms with Gasteiger partial charge >= 0.3 is 0 Å². The van der Waals surface area contributed by atoms with Crippen LogP contribution in [-0.2, 0) is 11.2 Å². The first-order valence-electron chi connectivity index (χ1n) is 9.74. The smallest absolute Gasteiger partial charge is 0.262 e. The van der Waals surface area contributed by atoms with Crippen LogP contribution in [0.15, 0.2) is 42.5 Å². The van der Waals surface area contributed by atoms with Gasteiger partial charge in [0.2, 0.25) is 0 Å². The highest BCUT2D eigenvalue weighted by Gasteiger charge is 2.21. The number of piperidine rings is 1. The number of nitrogens with two attached hydrogens (primary N) is 1. The number of ether oxygens (including phenoxy) is 1. The maximum atomic E-state index is 12.4. The van der Waals surface area contributed by atoms with Gasteiger partial charge in [-0.25, -0.2) is 0 Å². The summed E-state index contributed by atoms with van der Waals surface area (Å²) in [6.07, 6.45) is 4.56. The molecule has 1 saturated heterocycles. The molecule has 2 aromatic carbocycles. The Kier molecular flexibility index (Phi) is 6.22. The van der Waals surface area contributed by atoms with Gasteiger partial charge in [0.25, 0.3) is 5.91 Å². The number of nitrogens with zero attached hydrogens (tertiary/aromatic N) is 1. The van der Waals surface area contributed by atoms with Crippen molar-refractivity contribution in [2.24, 2.45) is 0 Å². The van der Waals surface area contributed by atoms with Crippen molar-refractivity contribution in [2.75, 3.05) is 29.1 Å². The third-order valence-corrected chi connectivity index (χ3v) is 5.11. The van der Waals surface area contributed by atoms with Gasteiger partial charge in [0.1, 0.15) is 5.75 Å². The van der Waals surface area contributed by atoms with E-state index in [9.17, 15) is 4.79 Å². The van der Waals surface area contributed by atoms with Gasteiger partial charge in [-0.2, -0.15) is 0 Å². The minimum absolute atomic E-state index is 0.0325. The Hall–Kier alpha value is -2.69. The summed E-state index contributed by atoms with van der Waals surface area (Å²) in [7, 11) is 0. The van der Waals surface area contributed by atoms with Crippen molar-refractivity contribution in [1.29, 1.82) is 0 Å². The van der Waals surface area contributed by atoms with Crippen molar-refractivity contribution >= 4 is 23.0 Å². The van der Waals surface area contributed by atoms with Gasteiger partial charge in [0, 0.05) is 18.3 Å². The molecule has 0 spiro atoms. The highest BCUT2D eigenvalue weighted by atomic mass is 16.5. The third-order valence-electron chi connectivity index (χ3n) is 5.11. The van der Waals surface area contributed by atoms with Gasteiger partial charge in [-0.1, -0.05) is 19.1 Å². The first-order valence-corrected chi connectivity index (χ1v) is 9.74. The second kappa shape index (κ2) is 8.80. The first kappa shape index (κ1) is 19.1. The van der Waals surface area contributed by atoms with E-state index in [1.807, 2.05) is 42.5 Å². The van der Waals surface area contributed by atoms with Crippen LogP contribution in [0.4, 0.5) is 17.1 Å². The quantitative estimate of drug-likeness (QED) is 0.750. The summed E-state index contributed by atoms with van der Waals surface area (Å²) in [6.45, 7) is 5.29. The SMILES string of the molecule is CCc1ccc(OCC(=O)Nc2cc(N)ccc2N2CCCC[C@H]2C)cc1. The number of amides is 1. The second-order valence-electron chi connectivity index (χ2n) is 7.15. The zero-order valence-corrected chi connectivity index (χ0v) is 16.2. The first-order chi connectivity index (χ1) is 13.1. The minimum Gasteiger partial charge on any atom is -0.484 e. The van der Waals surface area contributed by atoms with E-state index in [0.717, 1.165) is 30.8 Å². The number of nitrogens with one attached hydrogen (secondary N) is 1. The molecule has 27 heavy (non-hydrogen) atoms. The standard InChI is InChI=1S/C22H29N3O2/c1-3-17-7-10-19(11-8-17)27-15-22(26)24-20-14-18(23)9-12-21(20)25-13-5-4-6-16(25)2/h7-12,14,16H,3-6,13,15,23H2,1-2H3,(H,24,26)/t16-/m1/s1. The van der Waals surface area contributed by atoms with E-state index in [1.54, 1.807) is 0 Å². The topological polar surface area (TPSA) is 67.6 Å². The second-order valence-corrected chi connectivity index (χ2v) is 7.15. The monoisotopic (exact) mass is 367 g/mol. The Labute approximate surface area is 161 Å². The fourth-order valence-electron chi connectivity index (χ4n) is 3.52. The molecule has 5 nitrogen and oxygen atoms in total. The molecule has 0 unspecified atom stereocenters. The number of aryl methyl sites for hydroxylation is 1. The minimum atomic E-state index is -0.189. The molecule has 1 aliphatic heterocycles. The van der Waals surface area contributed by atoms with E-state index in [1.165, 1.54) is 18.4 Å². The molecule has 0 aliphatic carbocycles. The maximum Gasteiger partial charge on any atom is 0.262 e. The van der Waals surface area contributed by atoms with Crippen LogP contribution in [-0.4, -0.2) is 25.1 Å². The van der Waals surface area contributed by atoms with Crippen LogP contribution in [0.2, 0.25) is 0 Å². The molecular formula is C22H29N3O2. The van der Waals surface area contributed by atoms with Gasteiger partial charge in [-0.05, 0) is 68.5 Å². The molecule has 2 aromatic rings. The number of hydrogen-bond donors (Lipinski definition) is 2. The fourth-order valence-corrected chi connectivity index (χ4v) is 3.52. The van der Waals surface area contributed by atoms with Crippen LogP contribution in [0, 0.1) is 0 Å². The Bertz CT molecular complexity index is 774. The van der Waals surface area contributed by atoms with Crippen LogP contribution < -0.4 is 20.7 Å². The van der Waals surface area contributed by atoms with Crippen molar-refractivity contribution in [1.82, 2.24) is 0 Å². The average molecular weight is 367 g/mol. The molecule has 0 bridgehead atoms. The summed E-state index contributed by atoms with van der Waals surface area (Å²) >= 11 is 0. The van der Waals surface area contributed by atoms with Gasteiger partial charge in [-0.15, -0.1) is 0 Å². The highest BCUT2D eigenvalue weighted by molar-refractivity contribution is 5.96. The lowest BCUT2D eigenvalue weighted by Gasteiger charge is -2.36. The van der Waals surface area contributed by atoms with Crippen molar-refractivity contribution < 1.29 is 9.53 Å².